The van der Waals surface area contributed by atoms with Crippen LogP contribution in [0.3, 0.4) is 0 Å². The molecular weight excluding hydrogens is 450 g/mol. The van der Waals surface area contributed by atoms with Gasteiger partial charge in [-0.3, -0.25) is 13.9 Å². The number of aryl methyl sites for hydroxylation is 1. The van der Waals surface area contributed by atoms with Gasteiger partial charge in [0.25, 0.3) is 21.8 Å². The number of nitrogens with one attached hydrogen (secondary N) is 2. The van der Waals surface area contributed by atoms with Crippen molar-refractivity contribution in [1.82, 2.24) is 5.32 Å². The molecule has 3 aromatic carbocycles. The third-order valence-electron chi connectivity index (χ3n) is 5.60. The minimum atomic E-state index is -3.68. The number of sulfonamides is 1. The molecule has 2 amide bonds. The van der Waals surface area contributed by atoms with Gasteiger partial charge in [0, 0.05) is 29.3 Å². The lowest BCUT2D eigenvalue weighted by Gasteiger charge is -2.31. The van der Waals surface area contributed by atoms with Gasteiger partial charge in [-0.15, -0.1) is 0 Å². The summed E-state index contributed by atoms with van der Waals surface area (Å²) in [4.78, 5) is 26.2. The summed E-state index contributed by atoms with van der Waals surface area (Å²) in [5.41, 5.74) is 3.10. The van der Waals surface area contributed by atoms with Gasteiger partial charge < -0.3 is 10.6 Å². The monoisotopic (exact) mass is 477 g/mol. The second kappa shape index (κ2) is 8.29. The summed E-state index contributed by atoms with van der Waals surface area (Å²) < 4.78 is 27.2. The number of hydrogen-bond donors (Lipinski definition) is 2. The molecule has 8 heteroatoms. The Labute approximate surface area is 199 Å². The zero-order valence-electron chi connectivity index (χ0n) is 19.8. The Balaban J connectivity index is 1.74. The van der Waals surface area contributed by atoms with E-state index < -0.39 is 21.5 Å². The molecule has 2 N–H and O–H groups in total. The van der Waals surface area contributed by atoms with E-state index in [9.17, 15) is 18.0 Å². The quantitative estimate of drug-likeness (QED) is 0.577. The number of nitrogens with zero attached hydrogens (tertiary/aromatic N) is 1. The minimum absolute atomic E-state index is 0.200. The number of hydrogen-bond acceptors (Lipinski definition) is 4. The van der Waals surface area contributed by atoms with Gasteiger partial charge in [0.05, 0.1) is 21.8 Å². The van der Waals surface area contributed by atoms with Crippen molar-refractivity contribution >= 4 is 33.2 Å². The fourth-order valence-electron chi connectivity index (χ4n) is 4.11. The standard InChI is InChI=1S/C26H27N3O4S/c1-16-14-17(15-20-18-10-7-9-13-22(18)34(32,33)29(5)23(16)20)24(30)27-21-12-8-6-11-19(21)25(31)28-26(2,3)4/h6-15H,1-5H3,(H,27,30)(H,28,31). The maximum absolute atomic E-state index is 13.3. The topological polar surface area (TPSA) is 95.6 Å². The smallest absolute Gasteiger partial charge is 0.264 e. The SMILES string of the molecule is Cc1cc(C(=O)Nc2ccccc2C(=O)NC(C)(C)C)cc2c1N(C)S(=O)(=O)c1ccccc1-2. The van der Waals surface area contributed by atoms with Crippen molar-refractivity contribution in [3.8, 4) is 11.1 Å². The van der Waals surface area contributed by atoms with Crippen LogP contribution in [0.5, 0.6) is 0 Å². The molecular formula is C26H27N3O4S. The predicted molar refractivity (Wildman–Crippen MR) is 134 cm³/mol. The molecule has 0 atom stereocenters. The summed E-state index contributed by atoms with van der Waals surface area (Å²) in [7, 11) is -2.17. The third-order valence-corrected chi connectivity index (χ3v) is 7.42. The first-order chi connectivity index (χ1) is 15.9. The Morgan fingerprint density at radius 3 is 2.24 bits per heavy atom. The molecule has 0 saturated heterocycles. The van der Waals surface area contributed by atoms with E-state index in [-0.39, 0.29) is 10.8 Å². The lowest BCUT2D eigenvalue weighted by Crippen LogP contribution is -2.40. The maximum atomic E-state index is 13.3. The maximum Gasteiger partial charge on any atom is 0.264 e. The number of benzene rings is 3. The van der Waals surface area contributed by atoms with Gasteiger partial charge in [-0.1, -0.05) is 30.3 Å². The highest BCUT2D eigenvalue weighted by Gasteiger charge is 2.34. The summed E-state index contributed by atoms with van der Waals surface area (Å²) >= 11 is 0. The van der Waals surface area contributed by atoms with Crippen LogP contribution in [0.1, 0.15) is 47.1 Å². The Bertz CT molecular complexity index is 1420. The van der Waals surface area contributed by atoms with Crippen molar-refractivity contribution in [2.75, 3.05) is 16.7 Å². The van der Waals surface area contributed by atoms with Gasteiger partial charge in [0.1, 0.15) is 0 Å². The van der Waals surface area contributed by atoms with Gasteiger partial charge in [-0.2, -0.15) is 0 Å². The highest BCUT2D eigenvalue weighted by Crippen LogP contribution is 2.44. The van der Waals surface area contributed by atoms with Crippen molar-refractivity contribution in [3.05, 3.63) is 77.4 Å². The summed E-state index contributed by atoms with van der Waals surface area (Å²) in [6, 6.07) is 16.9. The van der Waals surface area contributed by atoms with Crippen LogP contribution in [-0.2, 0) is 10.0 Å². The van der Waals surface area contributed by atoms with E-state index in [4.69, 9.17) is 0 Å². The summed E-state index contributed by atoms with van der Waals surface area (Å²) in [6.45, 7) is 7.44. The van der Waals surface area contributed by atoms with Gasteiger partial charge in [0.2, 0.25) is 0 Å². The number of amides is 2. The van der Waals surface area contributed by atoms with Crippen molar-refractivity contribution < 1.29 is 18.0 Å². The zero-order valence-corrected chi connectivity index (χ0v) is 20.6. The van der Waals surface area contributed by atoms with Crippen LogP contribution in [-0.4, -0.2) is 32.8 Å². The van der Waals surface area contributed by atoms with Crippen LogP contribution in [0.4, 0.5) is 11.4 Å². The molecule has 4 rings (SSSR count). The number of rotatable bonds is 3. The van der Waals surface area contributed by atoms with Crippen LogP contribution in [0.2, 0.25) is 0 Å². The molecule has 0 saturated carbocycles. The van der Waals surface area contributed by atoms with E-state index in [0.717, 1.165) is 0 Å². The van der Waals surface area contributed by atoms with Crippen molar-refractivity contribution in [3.63, 3.8) is 0 Å². The molecule has 176 valence electrons. The molecule has 0 bridgehead atoms. The molecule has 34 heavy (non-hydrogen) atoms. The Kier molecular flexibility index (Phi) is 5.73. The van der Waals surface area contributed by atoms with Crippen LogP contribution in [0.25, 0.3) is 11.1 Å². The summed E-state index contributed by atoms with van der Waals surface area (Å²) in [6.07, 6.45) is 0. The van der Waals surface area contributed by atoms with E-state index in [1.165, 1.54) is 11.4 Å². The fraction of sp³-hybridized carbons (Fsp3) is 0.231. The average Bonchev–Trinajstić information content (AvgIpc) is 2.76. The fourth-order valence-corrected chi connectivity index (χ4v) is 5.59. The Morgan fingerprint density at radius 2 is 1.53 bits per heavy atom. The number of anilines is 2. The molecule has 0 radical (unpaired) electrons. The number of carbonyl (C=O) groups excluding carboxylic acids is 2. The highest BCUT2D eigenvalue weighted by molar-refractivity contribution is 7.93. The van der Waals surface area contributed by atoms with Crippen LogP contribution in [0.15, 0.2) is 65.6 Å². The molecule has 7 nitrogen and oxygen atoms in total. The van der Waals surface area contributed by atoms with Crippen LogP contribution in [0, 0.1) is 6.92 Å². The van der Waals surface area contributed by atoms with Crippen molar-refractivity contribution in [2.45, 2.75) is 38.1 Å². The normalized spacial score (nSPS) is 14.1. The minimum Gasteiger partial charge on any atom is -0.347 e. The van der Waals surface area contributed by atoms with Gasteiger partial charge in [-0.25, -0.2) is 8.42 Å². The van der Waals surface area contributed by atoms with Gasteiger partial charge >= 0.3 is 0 Å². The molecule has 0 spiro atoms. The first-order valence-corrected chi connectivity index (χ1v) is 12.3. The molecule has 1 aliphatic rings. The lowest BCUT2D eigenvalue weighted by molar-refractivity contribution is 0.0920. The second-order valence-electron chi connectivity index (χ2n) is 9.36. The molecule has 3 aromatic rings. The number of para-hydroxylation sites is 1. The number of carbonyl (C=O) groups is 2. The number of fused-ring (bicyclic) bond motifs is 3. The summed E-state index contributed by atoms with van der Waals surface area (Å²) in [5, 5.41) is 5.76. The molecule has 1 heterocycles. The van der Waals surface area contributed by atoms with Gasteiger partial charge in [0.15, 0.2) is 0 Å². The largest absolute Gasteiger partial charge is 0.347 e. The Hall–Kier alpha value is -3.65. The molecule has 0 fully saturated rings. The highest BCUT2D eigenvalue weighted by atomic mass is 32.2. The van der Waals surface area contributed by atoms with Crippen LogP contribution >= 0.6 is 0 Å². The molecule has 0 aromatic heterocycles. The molecule has 0 unspecified atom stereocenters. The second-order valence-corrected chi connectivity index (χ2v) is 11.3. The van der Waals surface area contributed by atoms with E-state index in [1.807, 2.05) is 20.8 Å². The van der Waals surface area contributed by atoms with E-state index in [1.54, 1.807) is 67.6 Å². The van der Waals surface area contributed by atoms with Gasteiger partial charge in [-0.05, 0) is 63.6 Å². The van der Waals surface area contributed by atoms with Crippen LogP contribution < -0.4 is 14.9 Å². The first-order valence-electron chi connectivity index (χ1n) is 10.9. The molecule has 0 aliphatic carbocycles. The van der Waals surface area contributed by atoms with Crippen molar-refractivity contribution in [1.29, 1.82) is 0 Å². The third kappa shape index (κ3) is 4.17. The van der Waals surface area contributed by atoms with E-state index in [0.29, 0.717) is 39.2 Å². The summed E-state index contributed by atoms with van der Waals surface area (Å²) in [5.74, 6) is -0.679. The predicted octanol–water partition coefficient (Wildman–Crippen LogP) is 4.58. The van der Waals surface area contributed by atoms with E-state index >= 15 is 0 Å². The molecule has 1 aliphatic heterocycles. The lowest BCUT2D eigenvalue weighted by atomic mass is 9.96. The first kappa shape index (κ1) is 23.5. The Morgan fingerprint density at radius 1 is 0.882 bits per heavy atom. The zero-order chi connectivity index (χ0) is 24.8. The van der Waals surface area contributed by atoms with E-state index in [2.05, 4.69) is 10.6 Å². The average molecular weight is 478 g/mol. The van der Waals surface area contributed by atoms with Crippen molar-refractivity contribution in [2.24, 2.45) is 0 Å².